The molecule has 0 spiro atoms. The third-order valence-corrected chi connectivity index (χ3v) is 3.92. The van der Waals surface area contributed by atoms with Crippen LogP contribution in [0.1, 0.15) is 60.2 Å². The number of Topliss-reactive ketones (excluding diaryl/α,β-unsaturated/α-hetero) is 1. The highest BCUT2D eigenvalue weighted by molar-refractivity contribution is 6.21. The number of hydrogen-bond acceptors (Lipinski definition) is 3. The van der Waals surface area contributed by atoms with Crippen LogP contribution in [0.25, 0.3) is 0 Å². The van der Waals surface area contributed by atoms with Gasteiger partial charge in [0.15, 0.2) is 0 Å². The van der Waals surface area contributed by atoms with E-state index >= 15 is 0 Å². The first-order chi connectivity index (χ1) is 10.6. The molecule has 1 aromatic rings. The first kappa shape index (κ1) is 16.1. The zero-order valence-electron chi connectivity index (χ0n) is 13.0. The molecule has 0 aliphatic carbocycles. The van der Waals surface area contributed by atoms with Gasteiger partial charge in [0.05, 0.1) is 17.2 Å². The molecule has 2 rings (SSSR count). The molecule has 0 N–H and O–H groups in total. The molecule has 0 saturated carbocycles. The molecule has 1 heterocycles. The molecule has 0 unspecified atom stereocenters. The second-order valence-electron chi connectivity index (χ2n) is 5.36. The number of ketones is 1. The lowest BCUT2D eigenvalue weighted by atomic mass is 10.1. The number of allylic oxidation sites excluding steroid dienone is 1. The summed E-state index contributed by atoms with van der Waals surface area (Å²) in [6, 6.07) is 6.64. The van der Waals surface area contributed by atoms with Crippen molar-refractivity contribution in [1.29, 1.82) is 0 Å². The maximum atomic E-state index is 12.4. The van der Waals surface area contributed by atoms with Crippen LogP contribution in [0.5, 0.6) is 0 Å². The van der Waals surface area contributed by atoms with Gasteiger partial charge in [-0.2, -0.15) is 0 Å². The van der Waals surface area contributed by atoms with Crippen molar-refractivity contribution >= 4 is 17.6 Å². The first-order valence-corrected chi connectivity index (χ1v) is 7.75. The molecule has 1 aliphatic rings. The van der Waals surface area contributed by atoms with Gasteiger partial charge in [0.25, 0.3) is 11.8 Å². The molecule has 4 heteroatoms. The Bertz CT molecular complexity index is 584. The van der Waals surface area contributed by atoms with Crippen LogP contribution in [-0.2, 0) is 4.79 Å². The SMILES string of the molecule is CCC(=O)CC/C=C\[C@H](CC)N1C(=O)c2ccccc2C1=O. The lowest BCUT2D eigenvalue weighted by Crippen LogP contribution is -2.38. The maximum Gasteiger partial charge on any atom is 0.262 e. The lowest BCUT2D eigenvalue weighted by Gasteiger charge is -2.22. The second-order valence-corrected chi connectivity index (χ2v) is 5.36. The molecule has 0 saturated heterocycles. The van der Waals surface area contributed by atoms with Gasteiger partial charge < -0.3 is 0 Å². The molecule has 1 aliphatic heterocycles. The van der Waals surface area contributed by atoms with Crippen LogP contribution in [-0.4, -0.2) is 28.5 Å². The van der Waals surface area contributed by atoms with Crippen LogP contribution >= 0.6 is 0 Å². The molecule has 0 bridgehead atoms. The van der Waals surface area contributed by atoms with Gasteiger partial charge in [-0.05, 0) is 25.0 Å². The normalized spacial score (nSPS) is 15.5. The summed E-state index contributed by atoms with van der Waals surface area (Å²) in [5.74, 6) is -0.248. The summed E-state index contributed by atoms with van der Waals surface area (Å²) in [4.78, 5) is 37.4. The largest absolute Gasteiger partial charge is 0.300 e. The molecule has 1 aromatic carbocycles. The van der Waals surface area contributed by atoms with E-state index in [9.17, 15) is 14.4 Å². The zero-order chi connectivity index (χ0) is 16.1. The molecule has 0 fully saturated rings. The second kappa shape index (κ2) is 7.16. The Morgan fingerprint density at radius 1 is 1.14 bits per heavy atom. The fraction of sp³-hybridized carbons (Fsp3) is 0.389. The number of rotatable bonds is 7. The standard InChI is InChI=1S/C18H21NO3/c1-3-13(9-5-6-10-14(20)4-2)19-17(21)15-11-7-8-12-16(15)18(19)22/h5,7-9,11-13H,3-4,6,10H2,1-2H3/b9-5-/t13-/m0/s1. The van der Waals surface area contributed by atoms with Gasteiger partial charge in [0.2, 0.25) is 0 Å². The Balaban J connectivity index is 2.09. The highest BCUT2D eigenvalue weighted by Crippen LogP contribution is 2.26. The average molecular weight is 299 g/mol. The summed E-state index contributed by atoms with van der Waals surface area (Å²) in [6.07, 6.45) is 6.11. The topological polar surface area (TPSA) is 54.5 Å². The summed E-state index contributed by atoms with van der Waals surface area (Å²) in [5.41, 5.74) is 0.945. The van der Waals surface area contributed by atoms with Crippen molar-refractivity contribution < 1.29 is 14.4 Å². The van der Waals surface area contributed by atoms with E-state index in [1.54, 1.807) is 24.3 Å². The molecule has 22 heavy (non-hydrogen) atoms. The van der Waals surface area contributed by atoms with Crippen LogP contribution in [0, 0.1) is 0 Å². The molecule has 0 aromatic heterocycles. The van der Waals surface area contributed by atoms with E-state index in [2.05, 4.69) is 0 Å². The van der Waals surface area contributed by atoms with Crippen molar-refractivity contribution in [3.8, 4) is 0 Å². The Morgan fingerprint density at radius 3 is 2.23 bits per heavy atom. The van der Waals surface area contributed by atoms with Gasteiger partial charge in [-0.15, -0.1) is 0 Å². The minimum atomic E-state index is -0.260. The Morgan fingerprint density at radius 2 is 1.73 bits per heavy atom. The molecule has 116 valence electrons. The lowest BCUT2D eigenvalue weighted by molar-refractivity contribution is -0.118. The van der Waals surface area contributed by atoms with Gasteiger partial charge in [0, 0.05) is 12.8 Å². The van der Waals surface area contributed by atoms with E-state index in [0.29, 0.717) is 36.8 Å². The van der Waals surface area contributed by atoms with Gasteiger partial charge in [-0.3, -0.25) is 19.3 Å². The van der Waals surface area contributed by atoms with Crippen molar-refractivity contribution in [2.45, 2.75) is 45.6 Å². The van der Waals surface area contributed by atoms with Crippen molar-refractivity contribution in [2.75, 3.05) is 0 Å². The minimum Gasteiger partial charge on any atom is -0.300 e. The summed E-state index contributed by atoms with van der Waals surface area (Å²) in [7, 11) is 0. The molecular weight excluding hydrogens is 278 g/mol. The van der Waals surface area contributed by atoms with Crippen LogP contribution in [0.2, 0.25) is 0 Å². The van der Waals surface area contributed by atoms with Gasteiger partial charge in [0.1, 0.15) is 5.78 Å². The predicted octanol–water partition coefficient (Wildman–Crippen LogP) is 3.38. The van der Waals surface area contributed by atoms with E-state index in [1.807, 2.05) is 26.0 Å². The number of carbonyl (C=O) groups is 3. The highest BCUT2D eigenvalue weighted by atomic mass is 16.2. The quantitative estimate of drug-likeness (QED) is 0.573. The Labute approximate surface area is 130 Å². The minimum absolute atomic E-state index is 0.221. The number of amides is 2. The maximum absolute atomic E-state index is 12.4. The first-order valence-electron chi connectivity index (χ1n) is 7.75. The van der Waals surface area contributed by atoms with E-state index in [1.165, 1.54) is 4.90 Å². The Hall–Kier alpha value is -2.23. The molecule has 2 amide bonds. The van der Waals surface area contributed by atoms with Gasteiger partial charge >= 0.3 is 0 Å². The fourth-order valence-electron chi connectivity index (χ4n) is 2.59. The van der Waals surface area contributed by atoms with Crippen molar-refractivity contribution in [2.24, 2.45) is 0 Å². The van der Waals surface area contributed by atoms with Gasteiger partial charge in [-0.25, -0.2) is 0 Å². The predicted molar refractivity (Wildman–Crippen MR) is 84.7 cm³/mol. The third-order valence-electron chi connectivity index (χ3n) is 3.92. The van der Waals surface area contributed by atoms with E-state index in [-0.39, 0.29) is 23.6 Å². The average Bonchev–Trinajstić information content (AvgIpc) is 2.80. The van der Waals surface area contributed by atoms with Gasteiger partial charge in [-0.1, -0.05) is 38.1 Å². The van der Waals surface area contributed by atoms with Crippen LogP contribution in [0.15, 0.2) is 36.4 Å². The molecule has 1 atom stereocenters. The number of nitrogens with zero attached hydrogens (tertiary/aromatic N) is 1. The summed E-state index contributed by atoms with van der Waals surface area (Å²) in [6.45, 7) is 3.79. The summed E-state index contributed by atoms with van der Waals surface area (Å²) < 4.78 is 0. The van der Waals surface area contributed by atoms with Crippen LogP contribution in [0.4, 0.5) is 0 Å². The van der Waals surface area contributed by atoms with Crippen molar-refractivity contribution in [3.05, 3.63) is 47.5 Å². The monoisotopic (exact) mass is 299 g/mol. The smallest absolute Gasteiger partial charge is 0.262 e. The number of benzene rings is 1. The van der Waals surface area contributed by atoms with E-state index in [0.717, 1.165) is 0 Å². The number of fused-ring (bicyclic) bond motifs is 1. The van der Waals surface area contributed by atoms with E-state index < -0.39 is 0 Å². The summed E-state index contributed by atoms with van der Waals surface area (Å²) >= 11 is 0. The number of hydrogen-bond donors (Lipinski definition) is 0. The highest BCUT2D eigenvalue weighted by Gasteiger charge is 2.38. The number of imide groups is 1. The summed E-state index contributed by atoms with van der Waals surface area (Å²) in [5, 5.41) is 0. The van der Waals surface area contributed by atoms with E-state index in [4.69, 9.17) is 0 Å². The Kier molecular flexibility index (Phi) is 5.26. The molecule has 0 radical (unpaired) electrons. The number of carbonyl (C=O) groups excluding carboxylic acids is 3. The van der Waals surface area contributed by atoms with Crippen molar-refractivity contribution in [1.82, 2.24) is 4.90 Å². The molecule has 4 nitrogen and oxygen atoms in total. The van der Waals surface area contributed by atoms with Crippen LogP contribution in [0.3, 0.4) is 0 Å². The zero-order valence-corrected chi connectivity index (χ0v) is 13.0. The van der Waals surface area contributed by atoms with Crippen LogP contribution < -0.4 is 0 Å². The molecular formula is C18H21NO3. The van der Waals surface area contributed by atoms with Crippen molar-refractivity contribution in [3.63, 3.8) is 0 Å². The third kappa shape index (κ3) is 3.16. The fourth-order valence-corrected chi connectivity index (χ4v) is 2.59.